The molecule has 0 saturated carbocycles. The van der Waals surface area contributed by atoms with Crippen molar-refractivity contribution in [3.63, 3.8) is 0 Å². The van der Waals surface area contributed by atoms with Gasteiger partial charge in [-0.2, -0.15) is 0 Å². The lowest BCUT2D eigenvalue weighted by molar-refractivity contribution is -0.174. The molecular formula is C16H32O8. The van der Waals surface area contributed by atoms with E-state index >= 15 is 0 Å². The van der Waals surface area contributed by atoms with Gasteiger partial charge >= 0.3 is 11.9 Å². The van der Waals surface area contributed by atoms with Gasteiger partial charge in [-0.25, -0.2) is 0 Å². The molecule has 144 valence electrons. The number of hydrogen-bond acceptors (Lipinski definition) is 7. The number of hydrogen-bond donors (Lipinski definition) is 5. The van der Waals surface area contributed by atoms with Crippen LogP contribution in [0.25, 0.3) is 0 Å². The Morgan fingerprint density at radius 3 is 1.88 bits per heavy atom. The fourth-order valence-electron chi connectivity index (χ4n) is 0.967. The summed E-state index contributed by atoms with van der Waals surface area (Å²) in [5, 5.41) is 42.0. The van der Waals surface area contributed by atoms with Crippen molar-refractivity contribution in [2.24, 2.45) is 10.8 Å². The zero-order chi connectivity index (χ0) is 19.4. The lowest BCUT2D eigenvalue weighted by Crippen LogP contribution is -2.36. The Hall–Kier alpha value is -1.22. The summed E-state index contributed by atoms with van der Waals surface area (Å²) in [6.07, 6.45) is 2.02. The molecule has 1 saturated heterocycles. The molecule has 0 aromatic rings. The Labute approximate surface area is 143 Å². The molecule has 0 aliphatic carbocycles. The van der Waals surface area contributed by atoms with Crippen molar-refractivity contribution >= 4 is 11.9 Å². The van der Waals surface area contributed by atoms with E-state index in [0.717, 1.165) is 19.3 Å². The highest BCUT2D eigenvalue weighted by molar-refractivity contribution is 5.74. The first-order valence-electron chi connectivity index (χ1n) is 7.87. The normalized spacial score (nSPS) is 15.3. The number of ether oxygens (including phenoxy) is 1. The van der Waals surface area contributed by atoms with Crippen LogP contribution < -0.4 is 0 Å². The molecule has 0 unspecified atom stereocenters. The Kier molecular flexibility index (Phi) is 12.7. The predicted octanol–water partition coefficient (Wildman–Crippen LogP) is 0.509. The van der Waals surface area contributed by atoms with Crippen LogP contribution in [-0.4, -0.2) is 63.6 Å². The number of carbonyl (C=O) groups excluding carboxylic acids is 1. The van der Waals surface area contributed by atoms with Crippen molar-refractivity contribution in [3.8, 4) is 0 Å². The van der Waals surface area contributed by atoms with Gasteiger partial charge in [0.15, 0.2) is 6.29 Å². The molecule has 0 aromatic heterocycles. The Bertz CT molecular complexity index is 347. The third-order valence-corrected chi connectivity index (χ3v) is 3.34. The summed E-state index contributed by atoms with van der Waals surface area (Å²) >= 11 is 0. The molecule has 0 aromatic carbocycles. The molecule has 1 aliphatic heterocycles. The molecule has 8 heteroatoms. The minimum atomic E-state index is -1.81. The number of cyclic esters (lactones) is 1. The highest BCUT2D eigenvalue weighted by Crippen LogP contribution is 2.18. The first kappa shape index (κ1) is 25.0. The first-order valence-corrected chi connectivity index (χ1v) is 7.87. The molecule has 0 amide bonds. The summed E-state index contributed by atoms with van der Waals surface area (Å²) in [6, 6.07) is 0. The van der Waals surface area contributed by atoms with E-state index in [9.17, 15) is 9.59 Å². The fraction of sp³-hybridized carbons (Fsp3) is 0.875. The summed E-state index contributed by atoms with van der Waals surface area (Å²) in [5.41, 5.74) is -1.78. The van der Waals surface area contributed by atoms with Crippen molar-refractivity contribution < 1.29 is 39.9 Å². The molecule has 1 rings (SSSR count). The average molecular weight is 352 g/mol. The van der Waals surface area contributed by atoms with Crippen LogP contribution in [0.3, 0.4) is 0 Å². The van der Waals surface area contributed by atoms with Gasteiger partial charge in [0.25, 0.3) is 0 Å². The number of rotatable bonds is 4. The van der Waals surface area contributed by atoms with E-state index in [0.29, 0.717) is 13.0 Å². The molecular weight excluding hydrogens is 320 g/mol. The summed E-state index contributed by atoms with van der Waals surface area (Å²) in [5.74, 6) is -1.25. The largest absolute Gasteiger partial charge is 0.481 e. The molecule has 1 heterocycles. The zero-order valence-electron chi connectivity index (χ0n) is 15.0. The quantitative estimate of drug-likeness (QED) is 0.363. The first-order chi connectivity index (χ1) is 10.9. The van der Waals surface area contributed by atoms with Crippen LogP contribution >= 0.6 is 0 Å². The Morgan fingerprint density at radius 1 is 1.08 bits per heavy atom. The molecule has 24 heavy (non-hydrogen) atoms. The van der Waals surface area contributed by atoms with Crippen LogP contribution in [0.5, 0.6) is 0 Å². The highest BCUT2D eigenvalue weighted by Gasteiger charge is 2.34. The van der Waals surface area contributed by atoms with Gasteiger partial charge in [-0.3, -0.25) is 9.59 Å². The summed E-state index contributed by atoms with van der Waals surface area (Å²) in [4.78, 5) is 20.6. The number of carboxylic acid groups (broad SMARTS) is 1. The fourth-order valence-corrected chi connectivity index (χ4v) is 0.967. The maximum Gasteiger partial charge on any atom is 0.314 e. The monoisotopic (exact) mass is 352 g/mol. The molecule has 1 fully saturated rings. The second-order valence-corrected chi connectivity index (χ2v) is 6.91. The van der Waals surface area contributed by atoms with Gasteiger partial charge < -0.3 is 30.3 Å². The molecule has 1 aliphatic rings. The van der Waals surface area contributed by atoms with E-state index in [4.69, 9.17) is 30.3 Å². The van der Waals surface area contributed by atoms with Crippen molar-refractivity contribution in [1.29, 1.82) is 0 Å². The molecule has 0 spiro atoms. The van der Waals surface area contributed by atoms with Gasteiger partial charge in [0.1, 0.15) is 5.41 Å². The van der Waals surface area contributed by atoms with Crippen LogP contribution in [-0.2, 0) is 14.3 Å². The number of aliphatic hydroxyl groups excluding tert-OH is 3. The number of carboxylic acids is 1. The van der Waals surface area contributed by atoms with Crippen LogP contribution in [0.2, 0.25) is 0 Å². The molecule has 8 nitrogen and oxygen atoms in total. The average Bonchev–Trinajstić information content (AvgIpc) is 2.76. The summed E-state index contributed by atoms with van der Waals surface area (Å²) in [6.45, 7) is 6.80. The maximum absolute atomic E-state index is 10.5. The predicted molar refractivity (Wildman–Crippen MR) is 87.0 cm³/mol. The van der Waals surface area contributed by atoms with Crippen LogP contribution in [0, 0.1) is 10.8 Å². The topological polar surface area (TPSA) is 145 Å². The third kappa shape index (κ3) is 12.2. The van der Waals surface area contributed by atoms with Crippen LogP contribution in [0.15, 0.2) is 0 Å². The number of aliphatic hydroxyl groups is 4. The van der Waals surface area contributed by atoms with Crippen LogP contribution in [0.4, 0.5) is 0 Å². The van der Waals surface area contributed by atoms with Gasteiger partial charge in [0.05, 0.1) is 19.8 Å². The van der Waals surface area contributed by atoms with Crippen LogP contribution in [0.1, 0.15) is 53.4 Å². The van der Waals surface area contributed by atoms with Gasteiger partial charge in [-0.05, 0) is 33.1 Å². The Balaban J connectivity index is 0. The van der Waals surface area contributed by atoms with Gasteiger partial charge in [-0.1, -0.05) is 13.8 Å². The number of esters is 1. The van der Waals surface area contributed by atoms with E-state index < -0.39 is 17.7 Å². The molecule has 0 atom stereocenters. The van der Waals surface area contributed by atoms with Crippen molar-refractivity contribution in [2.75, 3.05) is 19.8 Å². The van der Waals surface area contributed by atoms with E-state index in [1.807, 2.05) is 0 Å². The van der Waals surface area contributed by atoms with E-state index in [2.05, 4.69) is 0 Å². The maximum atomic E-state index is 10.5. The molecule has 0 radical (unpaired) electrons. The van der Waals surface area contributed by atoms with E-state index in [1.54, 1.807) is 13.8 Å². The molecule has 5 N–H and O–H groups in total. The lowest BCUT2D eigenvalue weighted by atomic mass is 9.93. The van der Waals surface area contributed by atoms with Crippen molar-refractivity contribution in [2.45, 2.75) is 59.7 Å². The highest BCUT2D eigenvalue weighted by atomic mass is 16.5. The van der Waals surface area contributed by atoms with Crippen molar-refractivity contribution in [3.05, 3.63) is 0 Å². The standard InChI is InChI=1S/C6H10O2.C5H10O4.C5H12O2/c7-6-4-2-1-3-5-8-6;1-5(2,3(6)7)4(8)9;1-5(2,3-6)4-7/h1-5H2;3,6-7H,1-2H3,(H,8,9);6-7H,3-4H2,1-2H3. The summed E-state index contributed by atoms with van der Waals surface area (Å²) < 4.78 is 4.76. The molecule has 0 bridgehead atoms. The zero-order valence-corrected chi connectivity index (χ0v) is 15.0. The summed E-state index contributed by atoms with van der Waals surface area (Å²) in [7, 11) is 0. The van der Waals surface area contributed by atoms with E-state index in [1.165, 1.54) is 13.8 Å². The second kappa shape index (κ2) is 12.2. The van der Waals surface area contributed by atoms with Crippen molar-refractivity contribution in [1.82, 2.24) is 0 Å². The third-order valence-electron chi connectivity index (χ3n) is 3.34. The second-order valence-electron chi connectivity index (χ2n) is 6.91. The minimum absolute atomic E-state index is 0.0255. The SMILES string of the molecule is CC(C)(C(=O)O)C(O)O.CC(C)(CO)CO.O=C1CCCCCO1. The number of carbonyl (C=O) groups is 2. The van der Waals surface area contributed by atoms with Gasteiger partial charge in [-0.15, -0.1) is 0 Å². The van der Waals surface area contributed by atoms with E-state index in [-0.39, 0.29) is 24.6 Å². The lowest BCUT2D eigenvalue weighted by Gasteiger charge is -2.20. The Morgan fingerprint density at radius 2 is 1.58 bits per heavy atom. The number of aliphatic carboxylic acids is 1. The smallest absolute Gasteiger partial charge is 0.314 e. The van der Waals surface area contributed by atoms with Gasteiger partial charge in [0.2, 0.25) is 0 Å². The van der Waals surface area contributed by atoms with Gasteiger partial charge in [0, 0.05) is 11.8 Å². The minimum Gasteiger partial charge on any atom is -0.481 e.